The van der Waals surface area contributed by atoms with Crippen LogP contribution in [-0.2, 0) is 9.59 Å². The predicted octanol–water partition coefficient (Wildman–Crippen LogP) is 1.48. The maximum absolute atomic E-state index is 12.9. The highest BCUT2D eigenvalue weighted by atomic mass is 32.2. The van der Waals surface area contributed by atoms with Crippen molar-refractivity contribution in [3.63, 3.8) is 0 Å². The van der Waals surface area contributed by atoms with Gasteiger partial charge in [0.1, 0.15) is 34.5 Å². The summed E-state index contributed by atoms with van der Waals surface area (Å²) in [4.78, 5) is 39.0. The van der Waals surface area contributed by atoms with Gasteiger partial charge >= 0.3 is 5.97 Å². The third-order valence-corrected chi connectivity index (χ3v) is 7.68. The number of hydrogen-bond donors (Lipinski definition) is 2. The van der Waals surface area contributed by atoms with Crippen molar-refractivity contribution in [2.24, 2.45) is 0 Å². The number of benzene rings is 1. The first-order valence-electron chi connectivity index (χ1n) is 9.18. The normalized spacial score (nSPS) is 27.3. The molecule has 9 heteroatoms. The second kappa shape index (κ2) is 6.88. The van der Waals surface area contributed by atoms with Crippen molar-refractivity contribution in [2.45, 2.75) is 47.9 Å². The lowest BCUT2D eigenvalue weighted by Gasteiger charge is -2.43. The first kappa shape index (κ1) is 18.9. The second-order valence-electron chi connectivity index (χ2n) is 7.26. The number of fused-ring (bicyclic) bond motifs is 1. The van der Waals surface area contributed by atoms with E-state index in [9.17, 15) is 19.5 Å². The van der Waals surface area contributed by atoms with Crippen LogP contribution < -0.4 is 14.8 Å². The van der Waals surface area contributed by atoms with Gasteiger partial charge in [0.15, 0.2) is 0 Å². The van der Waals surface area contributed by atoms with Crippen LogP contribution in [0.5, 0.6) is 11.5 Å². The largest absolute Gasteiger partial charge is 0.496 e. The van der Waals surface area contributed by atoms with E-state index in [1.807, 2.05) is 0 Å². The van der Waals surface area contributed by atoms with E-state index in [1.54, 1.807) is 18.2 Å². The lowest BCUT2D eigenvalue weighted by atomic mass is 9.92. The van der Waals surface area contributed by atoms with E-state index in [1.165, 1.54) is 30.9 Å². The average Bonchev–Trinajstić information content (AvgIpc) is 3.28. The fraction of sp³-hybridized carbons (Fsp3) is 0.526. The molecule has 2 aliphatic heterocycles. The quantitative estimate of drug-likeness (QED) is 0.714. The van der Waals surface area contributed by atoms with Crippen molar-refractivity contribution in [1.29, 1.82) is 0 Å². The molecule has 8 nitrogen and oxygen atoms in total. The summed E-state index contributed by atoms with van der Waals surface area (Å²) >= 11 is 1.52. The van der Waals surface area contributed by atoms with Gasteiger partial charge in [0.05, 0.1) is 14.2 Å². The molecule has 3 fully saturated rings. The van der Waals surface area contributed by atoms with E-state index in [-0.39, 0.29) is 16.8 Å². The Hall–Kier alpha value is -2.42. The number of rotatable bonds is 5. The molecule has 0 radical (unpaired) electrons. The standard InChI is InChI=1S/C19H22N2O6S/c1-26-10-6-5-7-11(27-2)12(10)15(22)20-13-16(23)21-14(18(24)25)19(28-17(13)21)8-3-4-9-19/h5-7,13-14,17H,3-4,8-9H2,1-2H3,(H,20,22)(H,24,25)/t13?,14?,17-/m0/s1. The van der Waals surface area contributed by atoms with Gasteiger partial charge < -0.3 is 24.8 Å². The second-order valence-corrected chi connectivity index (χ2v) is 8.79. The monoisotopic (exact) mass is 406 g/mol. The molecule has 1 spiro atoms. The molecule has 0 aromatic heterocycles. The summed E-state index contributed by atoms with van der Waals surface area (Å²) in [5, 5.41) is 12.1. The van der Waals surface area contributed by atoms with Crippen LogP contribution in [-0.4, -0.2) is 64.2 Å². The number of carboxylic acid groups (broad SMARTS) is 1. The van der Waals surface area contributed by atoms with Crippen molar-refractivity contribution in [2.75, 3.05) is 14.2 Å². The molecule has 1 saturated carbocycles. The topological polar surface area (TPSA) is 105 Å². The third-order valence-electron chi connectivity index (χ3n) is 5.84. The summed E-state index contributed by atoms with van der Waals surface area (Å²) in [6.07, 6.45) is 3.47. The Morgan fingerprint density at radius 1 is 1.21 bits per heavy atom. The molecule has 1 aliphatic carbocycles. The number of methoxy groups -OCH3 is 2. The number of amides is 2. The number of β-lactam (4-membered cyclic amide) rings is 1. The van der Waals surface area contributed by atoms with Gasteiger partial charge in [-0.15, -0.1) is 11.8 Å². The summed E-state index contributed by atoms with van der Waals surface area (Å²) in [5.74, 6) is -1.12. The maximum Gasteiger partial charge on any atom is 0.327 e. The number of hydrogen-bond acceptors (Lipinski definition) is 6. The van der Waals surface area contributed by atoms with Crippen LogP contribution >= 0.6 is 11.8 Å². The Labute approximate surface area is 166 Å². The Kier molecular flexibility index (Phi) is 4.65. The van der Waals surface area contributed by atoms with Crippen LogP contribution in [0.3, 0.4) is 0 Å². The van der Waals surface area contributed by atoms with E-state index < -0.39 is 28.7 Å². The van der Waals surface area contributed by atoms with E-state index in [2.05, 4.69) is 5.32 Å². The molecule has 2 unspecified atom stereocenters. The zero-order valence-electron chi connectivity index (χ0n) is 15.6. The Balaban J connectivity index is 1.58. The van der Waals surface area contributed by atoms with Crippen molar-refractivity contribution < 1.29 is 29.0 Å². The number of thioether (sulfide) groups is 1. The molecule has 0 bridgehead atoms. The van der Waals surface area contributed by atoms with Gasteiger partial charge in [0.25, 0.3) is 5.91 Å². The maximum atomic E-state index is 12.9. The summed E-state index contributed by atoms with van der Waals surface area (Å²) in [5.41, 5.74) is 0.215. The van der Waals surface area contributed by atoms with Crippen LogP contribution in [0.2, 0.25) is 0 Å². The van der Waals surface area contributed by atoms with Gasteiger partial charge in [-0.1, -0.05) is 18.9 Å². The first-order chi connectivity index (χ1) is 13.4. The van der Waals surface area contributed by atoms with Gasteiger partial charge in [-0.3, -0.25) is 9.59 Å². The molecule has 28 heavy (non-hydrogen) atoms. The Bertz CT molecular complexity index is 815. The molecule has 1 aromatic rings. The number of carboxylic acids is 1. The molecule has 150 valence electrons. The van der Waals surface area contributed by atoms with Crippen LogP contribution in [0.25, 0.3) is 0 Å². The van der Waals surface area contributed by atoms with Crippen molar-refractivity contribution in [3.8, 4) is 11.5 Å². The minimum Gasteiger partial charge on any atom is -0.496 e. The molecule has 3 atom stereocenters. The molecular formula is C19H22N2O6S. The molecule has 2 saturated heterocycles. The smallest absolute Gasteiger partial charge is 0.327 e. The number of ether oxygens (including phenoxy) is 2. The fourth-order valence-electron chi connectivity index (χ4n) is 4.57. The van der Waals surface area contributed by atoms with Crippen molar-refractivity contribution >= 4 is 29.5 Å². The van der Waals surface area contributed by atoms with Crippen molar-refractivity contribution in [3.05, 3.63) is 23.8 Å². The first-order valence-corrected chi connectivity index (χ1v) is 10.1. The highest BCUT2D eigenvalue weighted by Gasteiger charge is 2.67. The van der Waals surface area contributed by atoms with Gasteiger partial charge in [0.2, 0.25) is 5.91 Å². The van der Waals surface area contributed by atoms with Gasteiger partial charge in [-0.2, -0.15) is 0 Å². The molecule has 2 heterocycles. The zero-order valence-corrected chi connectivity index (χ0v) is 16.5. The number of carbonyl (C=O) groups excluding carboxylic acids is 2. The molecule has 2 N–H and O–H groups in total. The molecular weight excluding hydrogens is 384 g/mol. The average molecular weight is 406 g/mol. The molecule has 2 amide bonds. The molecule has 3 aliphatic rings. The van der Waals surface area contributed by atoms with Crippen LogP contribution in [0.1, 0.15) is 36.0 Å². The van der Waals surface area contributed by atoms with E-state index in [0.29, 0.717) is 11.5 Å². The number of nitrogens with zero attached hydrogens (tertiary/aromatic N) is 1. The Morgan fingerprint density at radius 3 is 2.36 bits per heavy atom. The number of carbonyl (C=O) groups is 3. The Morgan fingerprint density at radius 2 is 1.82 bits per heavy atom. The zero-order chi connectivity index (χ0) is 20.1. The minimum atomic E-state index is -0.971. The number of aliphatic carboxylic acids is 1. The summed E-state index contributed by atoms with van der Waals surface area (Å²) in [6.45, 7) is 0. The summed E-state index contributed by atoms with van der Waals surface area (Å²) < 4.78 is 10.1. The van der Waals surface area contributed by atoms with Crippen LogP contribution in [0, 0.1) is 0 Å². The lowest BCUT2D eigenvalue weighted by molar-refractivity contribution is -0.160. The predicted molar refractivity (Wildman–Crippen MR) is 102 cm³/mol. The molecule has 4 rings (SSSR count). The highest BCUT2D eigenvalue weighted by Crippen LogP contribution is 2.58. The van der Waals surface area contributed by atoms with Gasteiger partial charge in [-0.25, -0.2) is 4.79 Å². The van der Waals surface area contributed by atoms with Gasteiger partial charge in [-0.05, 0) is 25.0 Å². The van der Waals surface area contributed by atoms with E-state index >= 15 is 0 Å². The van der Waals surface area contributed by atoms with Crippen LogP contribution in [0.15, 0.2) is 18.2 Å². The van der Waals surface area contributed by atoms with Crippen molar-refractivity contribution in [1.82, 2.24) is 10.2 Å². The molecule has 1 aromatic carbocycles. The van der Waals surface area contributed by atoms with E-state index in [4.69, 9.17) is 9.47 Å². The highest BCUT2D eigenvalue weighted by molar-refractivity contribution is 8.01. The minimum absolute atomic E-state index is 0.215. The fourth-order valence-corrected chi connectivity index (χ4v) is 6.58. The van der Waals surface area contributed by atoms with E-state index in [0.717, 1.165) is 25.7 Å². The lowest BCUT2D eigenvalue weighted by Crippen LogP contribution is -2.70. The van der Waals surface area contributed by atoms with Crippen LogP contribution in [0.4, 0.5) is 0 Å². The third kappa shape index (κ3) is 2.63. The van der Waals surface area contributed by atoms with Gasteiger partial charge in [0, 0.05) is 4.75 Å². The number of nitrogens with one attached hydrogen (secondary N) is 1. The summed E-state index contributed by atoms with van der Waals surface area (Å²) in [7, 11) is 2.91. The SMILES string of the molecule is COc1cccc(OC)c1C(=O)NC1C(=O)N2C(C(=O)O)C3(CCCC3)S[C@@H]12. The summed E-state index contributed by atoms with van der Waals surface area (Å²) in [6, 6.07) is 3.41.